The van der Waals surface area contributed by atoms with Gasteiger partial charge in [-0.05, 0) is 46.6 Å². The molecule has 0 aromatic carbocycles. The summed E-state index contributed by atoms with van der Waals surface area (Å²) in [7, 11) is 0. The van der Waals surface area contributed by atoms with E-state index in [9.17, 15) is 0 Å². The van der Waals surface area contributed by atoms with Crippen LogP contribution in [0.4, 0.5) is 0 Å². The van der Waals surface area contributed by atoms with Gasteiger partial charge in [-0.1, -0.05) is 13.0 Å². The van der Waals surface area contributed by atoms with Gasteiger partial charge in [-0.3, -0.25) is 4.98 Å². The molecule has 0 aliphatic heterocycles. The lowest BCUT2D eigenvalue weighted by molar-refractivity contribution is 0.526. The Bertz CT molecular complexity index is 496. The fourth-order valence-corrected chi connectivity index (χ4v) is 2.33. The Kier molecular flexibility index (Phi) is 3.97. The second-order valence-electron chi connectivity index (χ2n) is 3.94. The van der Waals surface area contributed by atoms with Gasteiger partial charge in [-0.2, -0.15) is 0 Å². The van der Waals surface area contributed by atoms with Crippen LogP contribution in [0.3, 0.4) is 0 Å². The van der Waals surface area contributed by atoms with Crippen molar-refractivity contribution in [1.29, 1.82) is 0 Å². The molecule has 0 bridgehead atoms. The van der Waals surface area contributed by atoms with Crippen LogP contribution in [-0.2, 0) is 0 Å². The van der Waals surface area contributed by atoms with Gasteiger partial charge in [0.2, 0.25) is 0 Å². The minimum absolute atomic E-state index is 0.112. The number of aromatic nitrogens is 1. The van der Waals surface area contributed by atoms with Crippen LogP contribution in [0.1, 0.15) is 29.7 Å². The number of halogens is 1. The Morgan fingerprint density at radius 2 is 2.29 bits per heavy atom. The standard InChI is InChI=1S/C13H15BrN2O/c1-3-16-12(11-4-5-17-13(11)14)10-6-9(2)7-15-8-10/h4-8,12,16H,3H2,1-2H3. The summed E-state index contributed by atoms with van der Waals surface area (Å²) in [6, 6.07) is 4.22. The third-order valence-corrected chi connectivity index (χ3v) is 3.24. The van der Waals surface area contributed by atoms with Crippen molar-refractivity contribution in [3.05, 3.63) is 52.1 Å². The highest BCUT2D eigenvalue weighted by molar-refractivity contribution is 9.10. The zero-order valence-corrected chi connectivity index (χ0v) is 11.5. The first-order chi connectivity index (χ1) is 8.22. The molecule has 2 rings (SSSR count). The molecule has 0 aliphatic rings. The van der Waals surface area contributed by atoms with Crippen molar-refractivity contribution in [2.75, 3.05) is 6.54 Å². The van der Waals surface area contributed by atoms with Gasteiger partial charge in [-0.15, -0.1) is 0 Å². The summed E-state index contributed by atoms with van der Waals surface area (Å²) in [5.41, 5.74) is 3.40. The summed E-state index contributed by atoms with van der Waals surface area (Å²) in [4.78, 5) is 4.24. The molecular weight excluding hydrogens is 280 g/mol. The lowest BCUT2D eigenvalue weighted by atomic mass is 10.0. The maximum Gasteiger partial charge on any atom is 0.174 e. The van der Waals surface area contributed by atoms with Crippen molar-refractivity contribution in [2.45, 2.75) is 19.9 Å². The molecule has 90 valence electrons. The molecule has 2 heterocycles. The third-order valence-electron chi connectivity index (χ3n) is 2.59. The molecule has 1 N–H and O–H groups in total. The van der Waals surface area contributed by atoms with Crippen LogP contribution in [0.15, 0.2) is 39.9 Å². The number of aryl methyl sites for hydroxylation is 1. The van der Waals surface area contributed by atoms with Gasteiger partial charge in [0.25, 0.3) is 0 Å². The topological polar surface area (TPSA) is 38.1 Å². The van der Waals surface area contributed by atoms with Crippen LogP contribution in [0.2, 0.25) is 0 Å². The Morgan fingerprint density at radius 1 is 1.47 bits per heavy atom. The van der Waals surface area contributed by atoms with Crippen LogP contribution >= 0.6 is 15.9 Å². The zero-order chi connectivity index (χ0) is 12.3. The lowest BCUT2D eigenvalue weighted by Gasteiger charge is -2.17. The number of nitrogens with zero attached hydrogens (tertiary/aromatic N) is 1. The minimum Gasteiger partial charge on any atom is -0.457 e. The molecule has 2 aromatic rings. The van der Waals surface area contributed by atoms with Crippen molar-refractivity contribution in [2.24, 2.45) is 0 Å². The summed E-state index contributed by atoms with van der Waals surface area (Å²) in [6.07, 6.45) is 5.43. The lowest BCUT2D eigenvalue weighted by Crippen LogP contribution is -2.22. The summed E-state index contributed by atoms with van der Waals surface area (Å²) in [5.74, 6) is 0. The number of nitrogens with one attached hydrogen (secondary N) is 1. The molecule has 0 fully saturated rings. The van der Waals surface area contributed by atoms with E-state index >= 15 is 0 Å². The van der Waals surface area contributed by atoms with Crippen molar-refractivity contribution >= 4 is 15.9 Å². The average molecular weight is 295 g/mol. The van der Waals surface area contributed by atoms with E-state index in [4.69, 9.17) is 4.42 Å². The van der Waals surface area contributed by atoms with Gasteiger partial charge in [0.1, 0.15) is 0 Å². The van der Waals surface area contributed by atoms with E-state index in [0.29, 0.717) is 0 Å². The van der Waals surface area contributed by atoms with E-state index in [-0.39, 0.29) is 6.04 Å². The fraction of sp³-hybridized carbons (Fsp3) is 0.308. The number of furan rings is 1. The fourth-order valence-electron chi connectivity index (χ4n) is 1.86. The van der Waals surface area contributed by atoms with E-state index in [1.807, 2.05) is 25.4 Å². The average Bonchev–Trinajstić information content (AvgIpc) is 2.72. The predicted octanol–water partition coefficient (Wildman–Crippen LogP) is 3.44. The molecule has 0 amide bonds. The number of pyridine rings is 1. The first kappa shape index (κ1) is 12.3. The van der Waals surface area contributed by atoms with Gasteiger partial charge in [0.15, 0.2) is 4.67 Å². The van der Waals surface area contributed by atoms with Crippen LogP contribution in [0, 0.1) is 6.92 Å². The monoisotopic (exact) mass is 294 g/mol. The summed E-state index contributed by atoms with van der Waals surface area (Å²) >= 11 is 3.43. The molecule has 0 aliphatic carbocycles. The van der Waals surface area contributed by atoms with E-state index < -0.39 is 0 Å². The van der Waals surface area contributed by atoms with Gasteiger partial charge in [0.05, 0.1) is 12.3 Å². The summed E-state index contributed by atoms with van der Waals surface area (Å²) in [6.45, 7) is 5.02. The highest BCUT2D eigenvalue weighted by atomic mass is 79.9. The Labute approximate surface area is 109 Å². The summed E-state index contributed by atoms with van der Waals surface area (Å²) < 4.78 is 6.07. The van der Waals surface area contributed by atoms with Crippen LogP contribution < -0.4 is 5.32 Å². The van der Waals surface area contributed by atoms with Crippen molar-refractivity contribution in [3.8, 4) is 0 Å². The summed E-state index contributed by atoms with van der Waals surface area (Å²) in [5, 5.41) is 3.44. The molecular formula is C13H15BrN2O. The van der Waals surface area contributed by atoms with E-state index in [1.165, 1.54) is 0 Å². The Morgan fingerprint density at radius 3 is 2.88 bits per heavy atom. The molecule has 1 unspecified atom stereocenters. The zero-order valence-electron chi connectivity index (χ0n) is 9.90. The molecule has 1 atom stereocenters. The van der Waals surface area contributed by atoms with Crippen molar-refractivity contribution < 1.29 is 4.42 Å². The molecule has 0 radical (unpaired) electrons. The SMILES string of the molecule is CCNC(c1cncc(C)c1)c1ccoc1Br. The van der Waals surface area contributed by atoms with E-state index in [1.54, 1.807) is 6.26 Å². The predicted molar refractivity (Wildman–Crippen MR) is 70.9 cm³/mol. The van der Waals surface area contributed by atoms with Gasteiger partial charge < -0.3 is 9.73 Å². The van der Waals surface area contributed by atoms with Gasteiger partial charge in [-0.25, -0.2) is 0 Å². The Balaban J connectivity index is 2.39. The molecule has 17 heavy (non-hydrogen) atoms. The van der Waals surface area contributed by atoms with Gasteiger partial charge >= 0.3 is 0 Å². The van der Waals surface area contributed by atoms with Crippen molar-refractivity contribution in [1.82, 2.24) is 10.3 Å². The quantitative estimate of drug-likeness (QED) is 0.939. The van der Waals surface area contributed by atoms with E-state index in [0.717, 1.165) is 27.9 Å². The second-order valence-corrected chi connectivity index (χ2v) is 4.66. The molecule has 3 nitrogen and oxygen atoms in total. The van der Waals surface area contributed by atoms with Crippen LogP contribution in [0.5, 0.6) is 0 Å². The molecule has 0 spiro atoms. The normalized spacial score (nSPS) is 12.6. The smallest absolute Gasteiger partial charge is 0.174 e. The van der Waals surface area contributed by atoms with Crippen LogP contribution in [-0.4, -0.2) is 11.5 Å². The number of hydrogen-bond acceptors (Lipinski definition) is 3. The van der Waals surface area contributed by atoms with Crippen molar-refractivity contribution in [3.63, 3.8) is 0 Å². The minimum atomic E-state index is 0.112. The molecule has 4 heteroatoms. The largest absolute Gasteiger partial charge is 0.457 e. The van der Waals surface area contributed by atoms with Crippen LogP contribution in [0.25, 0.3) is 0 Å². The first-order valence-corrected chi connectivity index (χ1v) is 6.39. The third kappa shape index (κ3) is 2.76. The highest BCUT2D eigenvalue weighted by Crippen LogP contribution is 2.29. The van der Waals surface area contributed by atoms with Gasteiger partial charge in [0, 0.05) is 18.0 Å². The first-order valence-electron chi connectivity index (χ1n) is 5.60. The molecule has 0 saturated carbocycles. The number of rotatable bonds is 4. The highest BCUT2D eigenvalue weighted by Gasteiger charge is 2.18. The number of hydrogen-bond donors (Lipinski definition) is 1. The maximum absolute atomic E-state index is 5.30. The molecule has 0 saturated heterocycles. The second kappa shape index (κ2) is 5.47. The Hall–Kier alpha value is -1.13. The maximum atomic E-state index is 5.30. The molecule has 2 aromatic heterocycles. The van der Waals surface area contributed by atoms with E-state index in [2.05, 4.69) is 39.2 Å².